The van der Waals surface area contributed by atoms with Gasteiger partial charge in [-0.3, -0.25) is 0 Å². The van der Waals surface area contributed by atoms with Crippen molar-refractivity contribution in [3.63, 3.8) is 0 Å². The minimum Gasteiger partial charge on any atom is -0.502 e. The highest BCUT2D eigenvalue weighted by Gasteiger charge is 2.36. The van der Waals surface area contributed by atoms with Crippen LogP contribution < -0.4 is 18.9 Å². The summed E-state index contributed by atoms with van der Waals surface area (Å²) in [4.78, 5) is 0. The van der Waals surface area contributed by atoms with Gasteiger partial charge in [0.25, 0.3) is 0 Å². The maximum atomic E-state index is 10.2. The summed E-state index contributed by atoms with van der Waals surface area (Å²) in [5.41, 5.74) is 3.03. The molecule has 1 aliphatic heterocycles. The number of benzene rings is 2. The molecule has 2 atom stereocenters. The summed E-state index contributed by atoms with van der Waals surface area (Å²) in [6.45, 7) is 4.10. The quantitative estimate of drug-likeness (QED) is 0.842. The van der Waals surface area contributed by atoms with Gasteiger partial charge >= 0.3 is 0 Å². The Morgan fingerprint density at radius 1 is 0.962 bits per heavy atom. The van der Waals surface area contributed by atoms with Crippen LogP contribution in [0.2, 0.25) is 0 Å². The van der Waals surface area contributed by atoms with Crippen molar-refractivity contribution in [2.45, 2.75) is 25.9 Å². The van der Waals surface area contributed by atoms with Gasteiger partial charge in [-0.25, -0.2) is 0 Å². The van der Waals surface area contributed by atoms with Crippen molar-refractivity contribution in [2.75, 3.05) is 21.3 Å². The van der Waals surface area contributed by atoms with Crippen molar-refractivity contribution >= 4 is 6.08 Å². The van der Waals surface area contributed by atoms with Crippen LogP contribution in [0.1, 0.15) is 42.6 Å². The van der Waals surface area contributed by atoms with Crippen LogP contribution >= 0.6 is 0 Å². The number of hydrogen-bond donors (Lipinski definition) is 1. The third-order valence-electron chi connectivity index (χ3n) is 4.71. The van der Waals surface area contributed by atoms with E-state index in [0.29, 0.717) is 17.2 Å². The van der Waals surface area contributed by atoms with Crippen molar-refractivity contribution in [1.82, 2.24) is 0 Å². The molecule has 2 aromatic rings. The van der Waals surface area contributed by atoms with Gasteiger partial charge in [-0.05, 0) is 36.8 Å². The van der Waals surface area contributed by atoms with E-state index in [1.54, 1.807) is 19.2 Å². The fourth-order valence-corrected chi connectivity index (χ4v) is 3.38. The van der Waals surface area contributed by atoms with Gasteiger partial charge in [-0.15, -0.1) is 0 Å². The van der Waals surface area contributed by atoms with Crippen LogP contribution in [0.3, 0.4) is 0 Å². The first-order valence-corrected chi connectivity index (χ1v) is 8.50. The molecule has 0 bridgehead atoms. The fourth-order valence-electron chi connectivity index (χ4n) is 3.38. The van der Waals surface area contributed by atoms with E-state index in [-0.39, 0.29) is 17.8 Å². The summed E-state index contributed by atoms with van der Waals surface area (Å²) in [5.74, 6) is 2.25. The lowest BCUT2D eigenvalue weighted by molar-refractivity contribution is 0.207. The van der Waals surface area contributed by atoms with E-state index in [1.807, 2.05) is 25.1 Å². The Hall–Kier alpha value is -2.82. The molecule has 0 aromatic heterocycles. The monoisotopic (exact) mass is 356 g/mol. The Bertz CT molecular complexity index is 816. The normalized spacial score (nSPS) is 18.5. The topological polar surface area (TPSA) is 57.2 Å². The van der Waals surface area contributed by atoms with Gasteiger partial charge in [-0.2, -0.15) is 0 Å². The molecular formula is C21H24O5. The van der Waals surface area contributed by atoms with Gasteiger partial charge in [0, 0.05) is 17.0 Å². The lowest BCUT2D eigenvalue weighted by Crippen LogP contribution is -2.08. The van der Waals surface area contributed by atoms with Crippen molar-refractivity contribution < 1.29 is 24.1 Å². The Kier molecular flexibility index (Phi) is 4.98. The molecule has 26 heavy (non-hydrogen) atoms. The average Bonchev–Trinajstić information content (AvgIpc) is 2.98. The molecule has 0 unspecified atom stereocenters. The van der Waals surface area contributed by atoms with E-state index in [2.05, 4.69) is 13.0 Å². The van der Waals surface area contributed by atoms with Crippen LogP contribution in [0.4, 0.5) is 0 Å². The Morgan fingerprint density at radius 2 is 1.58 bits per heavy atom. The number of phenols is 1. The highest BCUT2D eigenvalue weighted by atomic mass is 16.5. The van der Waals surface area contributed by atoms with Crippen LogP contribution in [-0.4, -0.2) is 26.4 Å². The lowest BCUT2D eigenvalue weighted by atomic mass is 9.91. The largest absolute Gasteiger partial charge is 0.502 e. The minimum atomic E-state index is -0.233. The minimum absolute atomic E-state index is 0.0186. The molecule has 0 saturated heterocycles. The van der Waals surface area contributed by atoms with Gasteiger partial charge in [0.05, 0.1) is 21.3 Å². The molecule has 2 aromatic carbocycles. The first kappa shape index (κ1) is 18.0. The fraction of sp³-hybridized carbons (Fsp3) is 0.333. The van der Waals surface area contributed by atoms with E-state index < -0.39 is 0 Å². The maximum Gasteiger partial charge on any atom is 0.200 e. The van der Waals surface area contributed by atoms with Crippen LogP contribution in [0.25, 0.3) is 6.08 Å². The average molecular weight is 356 g/mol. The molecule has 0 amide bonds. The van der Waals surface area contributed by atoms with E-state index in [1.165, 1.54) is 14.2 Å². The van der Waals surface area contributed by atoms with Crippen molar-refractivity contribution in [3.8, 4) is 28.7 Å². The third kappa shape index (κ3) is 2.94. The van der Waals surface area contributed by atoms with Gasteiger partial charge in [0.1, 0.15) is 6.10 Å². The molecule has 3 rings (SSSR count). The second kappa shape index (κ2) is 7.20. The van der Waals surface area contributed by atoms with Crippen LogP contribution in [0.15, 0.2) is 30.3 Å². The van der Waals surface area contributed by atoms with Crippen molar-refractivity contribution in [2.24, 2.45) is 0 Å². The molecule has 5 nitrogen and oxygen atoms in total. The molecule has 1 heterocycles. The van der Waals surface area contributed by atoms with E-state index in [0.717, 1.165) is 22.4 Å². The number of fused-ring (bicyclic) bond motifs is 1. The molecular weight excluding hydrogens is 332 g/mol. The summed E-state index contributed by atoms with van der Waals surface area (Å²) in [5, 5.41) is 10.2. The van der Waals surface area contributed by atoms with E-state index >= 15 is 0 Å². The summed E-state index contributed by atoms with van der Waals surface area (Å²) in [6.07, 6.45) is 3.80. The molecule has 0 fully saturated rings. The number of aromatic hydroxyl groups is 1. The Labute approximate surface area is 153 Å². The smallest absolute Gasteiger partial charge is 0.200 e. The highest BCUT2D eigenvalue weighted by Crippen LogP contribution is 2.52. The summed E-state index contributed by atoms with van der Waals surface area (Å²) >= 11 is 0. The molecule has 138 valence electrons. The molecule has 1 N–H and O–H groups in total. The molecule has 5 heteroatoms. The predicted molar refractivity (Wildman–Crippen MR) is 101 cm³/mol. The van der Waals surface area contributed by atoms with Gasteiger partial charge in [0.15, 0.2) is 23.0 Å². The number of allylic oxidation sites excluding steroid dienone is 1. The number of rotatable bonds is 5. The van der Waals surface area contributed by atoms with Crippen LogP contribution in [0.5, 0.6) is 28.7 Å². The predicted octanol–water partition coefficient (Wildman–Crippen LogP) is 4.69. The standard InChI is InChI=1S/C21H24O5/c1-6-7-13-8-15-12(2)20(26-21(15)18(9-13)25-5)14-10-16(23-3)19(22)17(11-14)24-4/h6-12,20,22H,1-5H3/b7-6+/t12-,20+/m0/s1. The summed E-state index contributed by atoms with van der Waals surface area (Å²) < 4.78 is 22.3. The zero-order chi connectivity index (χ0) is 18.8. The van der Waals surface area contributed by atoms with Gasteiger partial charge in [-0.1, -0.05) is 19.1 Å². The van der Waals surface area contributed by atoms with Crippen LogP contribution in [0, 0.1) is 0 Å². The summed E-state index contributed by atoms with van der Waals surface area (Å²) in [7, 11) is 4.67. The third-order valence-corrected chi connectivity index (χ3v) is 4.71. The number of hydrogen-bond acceptors (Lipinski definition) is 5. The first-order valence-electron chi connectivity index (χ1n) is 8.50. The van der Waals surface area contributed by atoms with Crippen LogP contribution in [-0.2, 0) is 0 Å². The zero-order valence-electron chi connectivity index (χ0n) is 15.7. The molecule has 1 aliphatic rings. The molecule has 0 spiro atoms. The van der Waals surface area contributed by atoms with Gasteiger partial charge in [0.2, 0.25) is 5.75 Å². The van der Waals surface area contributed by atoms with Crippen molar-refractivity contribution in [3.05, 3.63) is 47.0 Å². The second-order valence-corrected chi connectivity index (χ2v) is 6.24. The molecule has 0 saturated carbocycles. The lowest BCUT2D eigenvalue weighted by Gasteiger charge is -2.18. The Balaban J connectivity index is 2.07. The second-order valence-electron chi connectivity index (χ2n) is 6.24. The van der Waals surface area contributed by atoms with Crippen molar-refractivity contribution in [1.29, 1.82) is 0 Å². The number of ether oxygens (including phenoxy) is 4. The Morgan fingerprint density at radius 3 is 2.12 bits per heavy atom. The molecule has 0 aliphatic carbocycles. The van der Waals surface area contributed by atoms with Gasteiger partial charge < -0.3 is 24.1 Å². The summed E-state index contributed by atoms with van der Waals surface area (Å²) in [6, 6.07) is 7.65. The molecule has 0 radical (unpaired) electrons. The zero-order valence-corrected chi connectivity index (χ0v) is 15.7. The van der Waals surface area contributed by atoms with E-state index in [9.17, 15) is 5.11 Å². The highest BCUT2D eigenvalue weighted by molar-refractivity contribution is 5.62. The number of phenolic OH excluding ortho intramolecular Hbond substituents is 1. The number of methoxy groups -OCH3 is 3. The van der Waals surface area contributed by atoms with E-state index in [4.69, 9.17) is 18.9 Å². The SMILES string of the molecule is C/C=C/c1cc(OC)c2c(c1)[C@H](C)[C@H](c1cc(OC)c(O)c(OC)c1)O2. The first-order chi connectivity index (χ1) is 12.5. The maximum absolute atomic E-state index is 10.2.